The van der Waals surface area contributed by atoms with Crippen LogP contribution in [0.15, 0.2) is 10.9 Å². The molecule has 5 heteroatoms. The summed E-state index contributed by atoms with van der Waals surface area (Å²) in [5.74, 6) is 0. The van der Waals surface area contributed by atoms with Gasteiger partial charge < -0.3 is 4.98 Å². The van der Waals surface area contributed by atoms with Crippen molar-refractivity contribution in [1.29, 1.82) is 0 Å². The monoisotopic (exact) mass is 187 g/mol. The van der Waals surface area contributed by atoms with E-state index in [1.165, 1.54) is 6.92 Å². The average molecular weight is 187 g/mol. The maximum Gasteiger partial charge on any atom is 0.278 e. The van der Waals surface area contributed by atoms with Crippen LogP contribution in [0.25, 0.3) is 0 Å². The van der Waals surface area contributed by atoms with E-state index in [0.717, 1.165) is 6.07 Å². The van der Waals surface area contributed by atoms with Crippen molar-refractivity contribution in [3.05, 3.63) is 33.2 Å². The van der Waals surface area contributed by atoms with Gasteiger partial charge in [-0.1, -0.05) is 0 Å². The van der Waals surface area contributed by atoms with Gasteiger partial charge in [0.1, 0.15) is 0 Å². The van der Waals surface area contributed by atoms with Crippen molar-refractivity contribution in [1.82, 2.24) is 4.98 Å². The van der Waals surface area contributed by atoms with Crippen LogP contribution in [0.2, 0.25) is 0 Å². The van der Waals surface area contributed by atoms with E-state index in [-0.39, 0.29) is 11.3 Å². The van der Waals surface area contributed by atoms with Crippen LogP contribution in [0.4, 0.5) is 8.78 Å². The summed E-state index contributed by atoms with van der Waals surface area (Å²) < 4.78 is 24.2. The van der Waals surface area contributed by atoms with Gasteiger partial charge in [0.15, 0.2) is 11.7 Å². The minimum Gasteiger partial charge on any atom is -0.357 e. The van der Waals surface area contributed by atoms with Gasteiger partial charge in [-0.25, -0.2) is 8.78 Å². The number of aromatic nitrogens is 1. The lowest BCUT2D eigenvalue weighted by molar-refractivity contribution is 0.112. The quantitative estimate of drug-likeness (QED) is 0.712. The molecule has 0 atom stereocenters. The molecule has 0 fully saturated rings. The summed E-state index contributed by atoms with van der Waals surface area (Å²) in [5.41, 5.74) is -1.09. The fourth-order valence-corrected chi connectivity index (χ4v) is 0.988. The van der Waals surface area contributed by atoms with E-state index in [9.17, 15) is 18.4 Å². The number of hydrogen-bond donors (Lipinski definition) is 1. The van der Waals surface area contributed by atoms with Gasteiger partial charge in [-0.2, -0.15) is 0 Å². The Labute approximate surface area is 72.4 Å². The highest BCUT2D eigenvalue weighted by molar-refractivity contribution is 5.76. The van der Waals surface area contributed by atoms with Crippen LogP contribution in [0.5, 0.6) is 0 Å². The van der Waals surface area contributed by atoms with E-state index in [0.29, 0.717) is 6.29 Å². The molecule has 0 unspecified atom stereocenters. The predicted molar refractivity (Wildman–Crippen MR) is 42.1 cm³/mol. The second-order valence-corrected chi connectivity index (χ2v) is 2.55. The Kier molecular flexibility index (Phi) is 2.55. The maximum atomic E-state index is 12.1. The normalized spacial score (nSPS) is 10.5. The number of rotatable bonds is 2. The summed E-state index contributed by atoms with van der Waals surface area (Å²) in [4.78, 5) is 23.6. The smallest absolute Gasteiger partial charge is 0.278 e. The number of carbonyl (C=O) groups is 1. The number of H-pyrrole nitrogens is 1. The minimum absolute atomic E-state index is 0.107. The molecular formula is C8H7F2NO2. The third kappa shape index (κ3) is 1.80. The van der Waals surface area contributed by atoms with E-state index >= 15 is 0 Å². The number of nitrogens with one attached hydrogen (secondary N) is 1. The summed E-state index contributed by atoms with van der Waals surface area (Å²) in [6, 6.07) is 0.737. The molecular weight excluding hydrogens is 180 g/mol. The zero-order valence-electron chi connectivity index (χ0n) is 6.80. The Bertz CT molecular complexity index is 384. The number of carbonyl (C=O) groups excluding carboxylic acids is 1. The molecule has 0 bridgehead atoms. The Balaban J connectivity index is 3.37. The highest BCUT2D eigenvalue weighted by atomic mass is 19.3. The second kappa shape index (κ2) is 3.47. The van der Waals surface area contributed by atoms with Gasteiger partial charge in [-0.3, -0.25) is 9.59 Å². The number of alkyl halides is 2. The SMILES string of the molecule is Cc1[nH]c(C(F)F)cc(=O)c1C=O. The second-order valence-electron chi connectivity index (χ2n) is 2.55. The zero-order valence-corrected chi connectivity index (χ0v) is 6.80. The van der Waals surface area contributed by atoms with Crippen LogP contribution in [0, 0.1) is 6.92 Å². The van der Waals surface area contributed by atoms with Gasteiger partial charge in [0.05, 0.1) is 11.3 Å². The number of aryl methyl sites for hydroxylation is 1. The van der Waals surface area contributed by atoms with E-state index in [1.807, 2.05) is 0 Å². The van der Waals surface area contributed by atoms with Gasteiger partial charge in [-0.05, 0) is 6.92 Å². The third-order valence-electron chi connectivity index (χ3n) is 1.64. The topological polar surface area (TPSA) is 49.9 Å². The molecule has 1 N–H and O–H groups in total. The van der Waals surface area contributed by atoms with Gasteiger partial charge >= 0.3 is 0 Å². The predicted octanol–water partition coefficient (Wildman–Crippen LogP) is 1.43. The summed E-state index contributed by atoms with van der Waals surface area (Å²) in [7, 11) is 0. The molecule has 0 aliphatic rings. The Morgan fingerprint density at radius 1 is 1.54 bits per heavy atom. The molecule has 70 valence electrons. The van der Waals surface area contributed by atoms with Crippen molar-refractivity contribution in [2.45, 2.75) is 13.3 Å². The highest BCUT2D eigenvalue weighted by Crippen LogP contribution is 2.14. The van der Waals surface area contributed by atoms with Gasteiger partial charge in [0, 0.05) is 11.8 Å². The molecule has 1 aromatic rings. The minimum atomic E-state index is -2.73. The highest BCUT2D eigenvalue weighted by Gasteiger charge is 2.11. The lowest BCUT2D eigenvalue weighted by atomic mass is 10.2. The first kappa shape index (κ1) is 9.57. The largest absolute Gasteiger partial charge is 0.357 e. The van der Waals surface area contributed by atoms with Crippen molar-refractivity contribution < 1.29 is 13.6 Å². The van der Waals surface area contributed by atoms with Crippen LogP contribution in [0.1, 0.15) is 28.2 Å². The molecule has 3 nitrogen and oxygen atoms in total. The zero-order chi connectivity index (χ0) is 10.0. The van der Waals surface area contributed by atoms with Crippen LogP contribution in [-0.2, 0) is 0 Å². The van der Waals surface area contributed by atoms with Crippen molar-refractivity contribution >= 4 is 6.29 Å². The molecule has 0 aliphatic carbocycles. The van der Waals surface area contributed by atoms with Crippen molar-refractivity contribution in [3.63, 3.8) is 0 Å². The summed E-state index contributed by atoms with van der Waals surface area (Å²) in [5, 5.41) is 0. The Morgan fingerprint density at radius 3 is 2.54 bits per heavy atom. The first-order valence-corrected chi connectivity index (χ1v) is 3.53. The maximum absolute atomic E-state index is 12.1. The van der Waals surface area contributed by atoms with Gasteiger partial charge in [0.25, 0.3) is 6.43 Å². The first-order valence-electron chi connectivity index (χ1n) is 3.53. The fraction of sp³-hybridized carbons (Fsp3) is 0.250. The summed E-state index contributed by atoms with van der Waals surface area (Å²) >= 11 is 0. The van der Waals surface area contributed by atoms with Gasteiger partial charge in [0.2, 0.25) is 0 Å². The molecule has 1 heterocycles. The summed E-state index contributed by atoms with van der Waals surface area (Å²) in [6.07, 6.45) is -2.38. The lowest BCUT2D eigenvalue weighted by Gasteiger charge is -2.02. The summed E-state index contributed by atoms with van der Waals surface area (Å²) in [6.45, 7) is 1.40. The Morgan fingerprint density at radius 2 is 2.15 bits per heavy atom. The third-order valence-corrected chi connectivity index (χ3v) is 1.64. The lowest BCUT2D eigenvalue weighted by Crippen LogP contribution is -2.13. The molecule has 0 saturated carbocycles. The molecule has 13 heavy (non-hydrogen) atoms. The number of hydrogen-bond acceptors (Lipinski definition) is 2. The average Bonchev–Trinajstić information content (AvgIpc) is 2.03. The molecule has 0 spiro atoms. The van der Waals surface area contributed by atoms with Crippen LogP contribution in [-0.4, -0.2) is 11.3 Å². The van der Waals surface area contributed by atoms with Crippen LogP contribution >= 0.6 is 0 Å². The standard InChI is InChI=1S/C8H7F2NO2/c1-4-5(3-12)7(13)2-6(11-4)8(9)10/h2-3,8H,1H3,(H,11,13). The molecule has 0 amide bonds. The van der Waals surface area contributed by atoms with Crippen molar-refractivity contribution in [2.24, 2.45) is 0 Å². The van der Waals surface area contributed by atoms with Crippen molar-refractivity contribution in [2.75, 3.05) is 0 Å². The number of aromatic amines is 1. The molecule has 0 saturated heterocycles. The first-order chi connectivity index (χ1) is 6.06. The molecule has 0 aromatic carbocycles. The fourth-order valence-electron chi connectivity index (χ4n) is 0.988. The number of aldehydes is 1. The van der Waals surface area contributed by atoms with E-state index in [2.05, 4.69) is 4.98 Å². The number of pyridine rings is 1. The molecule has 0 radical (unpaired) electrons. The number of halogens is 2. The van der Waals surface area contributed by atoms with E-state index < -0.39 is 17.5 Å². The molecule has 1 rings (SSSR count). The molecule has 0 aliphatic heterocycles. The van der Waals surface area contributed by atoms with E-state index in [4.69, 9.17) is 0 Å². The van der Waals surface area contributed by atoms with Crippen LogP contribution in [0.3, 0.4) is 0 Å². The van der Waals surface area contributed by atoms with Crippen molar-refractivity contribution in [3.8, 4) is 0 Å². The van der Waals surface area contributed by atoms with Crippen LogP contribution < -0.4 is 5.43 Å². The Hall–Kier alpha value is -1.52. The van der Waals surface area contributed by atoms with E-state index in [1.54, 1.807) is 0 Å². The molecule has 1 aromatic heterocycles. The van der Waals surface area contributed by atoms with Gasteiger partial charge in [-0.15, -0.1) is 0 Å².